The molecule has 1 aromatic heterocycles. The normalized spacial score (nSPS) is 21.0. The van der Waals surface area contributed by atoms with Crippen LogP contribution in [0.2, 0.25) is 0 Å². The van der Waals surface area contributed by atoms with Crippen molar-refractivity contribution in [2.24, 2.45) is 5.41 Å². The summed E-state index contributed by atoms with van der Waals surface area (Å²) in [4.78, 5) is 24.6. The van der Waals surface area contributed by atoms with Gasteiger partial charge in [-0.05, 0) is 19.1 Å². The fourth-order valence-corrected chi connectivity index (χ4v) is 3.12. The zero-order valence-corrected chi connectivity index (χ0v) is 12.7. The molecule has 2 aliphatic rings. The average Bonchev–Trinajstić information content (AvgIpc) is 2.96. The molecule has 4 rings (SSSR count). The lowest BCUT2D eigenvalue weighted by atomic mass is 9.86. The number of anilines is 1. The van der Waals surface area contributed by atoms with Gasteiger partial charge in [0.25, 0.3) is 0 Å². The van der Waals surface area contributed by atoms with Crippen LogP contribution in [0.25, 0.3) is 11.0 Å². The minimum absolute atomic E-state index is 0.225. The summed E-state index contributed by atoms with van der Waals surface area (Å²) in [6.45, 7) is 6.19. The number of nitrogens with zero attached hydrogens (tertiary/aromatic N) is 3. The third-order valence-corrected chi connectivity index (χ3v) is 4.60. The fraction of sp³-hybridized carbons (Fsp3) is 0.500. The Hall–Kier alpha value is -2.08. The van der Waals surface area contributed by atoms with Crippen LogP contribution in [-0.4, -0.2) is 60.2 Å². The van der Waals surface area contributed by atoms with Gasteiger partial charge >= 0.3 is 0 Å². The molecule has 0 saturated carbocycles. The van der Waals surface area contributed by atoms with Gasteiger partial charge in [0.05, 0.1) is 29.7 Å². The summed E-state index contributed by atoms with van der Waals surface area (Å²) in [5.41, 5.74) is 1.73. The van der Waals surface area contributed by atoms with E-state index in [0.717, 1.165) is 43.2 Å². The average molecular weight is 300 g/mol. The van der Waals surface area contributed by atoms with Crippen LogP contribution in [0.5, 0.6) is 0 Å². The van der Waals surface area contributed by atoms with Gasteiger partial charge in [0, 0.05) is 26.2 Å². The number of nitrogens with one attached hydrogen (secondary N) is 1. The molecule has 0 aliphatic carbocycles. The molecule has 6 heteroatoms. The number of para-hydroxylation sites is 2. The van der Waals surface area contributed by atoms with E-state index < -0.39 is 0 Å². The molecule has 116 valence electrons. The summed E-state index contributed by atoms with van der Waals surface area (Å²) in [7, 11) is 0. The van der Waals surface area contributed by atoms with Crippen molar-refractivity contribution in [3.05, 3.63) is 24.3 Å². The lowest BCUT2D eigenvalue weighted by Gasteiger charge is -2.43. The summed E-state index contributed by atoms with van der Waals surface area (Å²) in [6.07, 6.45) is 0. The summed E-state index contributed by atoms with van der Waals surface area (Å²) in [5, 5.41) is 0. The van der Waals surface area contributed by atoms with E-state index in [1.165, 1.54) is 0 Å². The Morgan fingerprint density at radius 1 is 1.23 bits per heavy atom. The molecule has 0 unspecified atom stereocenters. The highest BCUT2D eigenvalue weighted by Gasteiger charge is 2.44. The Labute approximate surface area is 129 Å². The number of hydrogen-bond acceptors (Lipinski definition) is 4. The minimum atomic E-state index is -0.304. The number of rotatable bonds is 2. The summed E-state index contributed by atoms with van der Waals surface area (Å²) in [6, 6.07) is 8.03. The highest BCUT2D eigenvalue weighted by Crippen LogP contribution is 2.29. The van der Waals surface area contributed by atoms with Crippen molar-refractivity contribution in [2.75, 3.05) is 44.3 Å². The van der Waals surface area contributed by atoms with Gasteiger partial charge in [-0.3, -0.25) is 4.79 Å². The quantitative estimate of drug-likeness (QED) is 0.907. The zero-order chi connectivity index (χ0) is 15.2. The van der Waals surface area contributed by atoms with Crippen molar-refractivity contribution >= 4 is 22.9 Å². The first kappa shape index (κ1) is 13.6. The summed E-state index contributed by atoms with van der Waals surface area (Å²) < 4.78 is 5.20. The Morgan fingerprint density at radius 3 is 2.59 bits per heavy atom. The van der Waals surface area contributed by atoms with Crippen LogP contribution in [-0.2, 0) is 9.53 Å². The number of H-pyrrole nitrogens is 1. The van der Waals surface area contributed by atoms with E-state index in [0.29, 0.717) is 13.2 Å². The topological polar surface area (TPSA) is 61.5 Å². The third kappa shape index (κ3) is 2.14. The van der Waals surface area contributed by atoms with Crippen LogP contribution in [0.1, 0.15) is 6.92 Å². The molecular formula is C16H20N4O2. The molecule has 2 fully saturated rings. The second kappa shape index (κ2) is 4.98. The number of carbonyl (C=O) groups excluding carboxylic acids is 1. The number of aromatic amines is 1. The number of hydrogen-bond donors (Lipinski definition) is 1. The number of benzene rings is 1. The molecule has 0 atom stereocenters. The molecule has 2 aromatic rings. The van der Waals surface area contributed by atoms with E-state index in [2.05, 4.69) is 14.9 Å². The van der Waals surface area contributed by atoms with Gasteiger partial charge < -0.3 is 19.5 Å². The summed E-state index contributed by atoms with van der Waals surface area (Å²) in [5.74, 6) is 1.12. The first-order chi connectivity index (χ1) is 10.7. The van der Waals surface area contributed by atoms with Gasteiger partial charge in [0.15, 0.2) is 0 Å². The minimum Gasteiger partial charge on any atom is -0.379 e. The second-order valence-electron chi connectivity index (χ2n) is 6.41. The number of imidazole rings is 1. The number of aromatic nitrogens is 2. The van der Waals surface area contributed by atoms with Crippen molar-refractivity contribution in [2.45, 2.75) is 6.92 Å². The number of carbonyl (C=O) groups is 1. The number of amides is 1. The number of fused-ring (bicyclic) bond motifs is 1. The van der Waals surface area contributed by atoms with Crippen LogP contribution in [0.15, 0.2) is 24.3 Å². The van der Waals surface area contributed by atoms with Crippen LogP contribution < -0.4 is 4.90 Å². The highest BCUT2D eigenvalue weighted by molar-refractivity contribution is 5.83. The Kier molecular flexibility index (Phi) is 3.07. The molecule has 6 nitrogen and oxygen atoms in total. The molecule has 2 saturated heterocycles. The molecule has 2 aliphatic heterocycles. The molecule has 1 aromatic carbocycles. The number of piperazine rings is 1. The molecule has 0 spiro atoms. The van der Waals surface area contributed by atoms with E-state index in [9.17, 15) is 4.79 Å². The molecule has 1 amide bonds. The van der Waals surface area contributed by atoms with E-state index in [1.807, 2.05) is 36.1 Å². The lowest BCUT2D eigenvalue weighted by Crippen LogP contribution is -2.58. The molecule has 22 heavy (non-hydrogen) atoms. The predicted molar refractivity (Wildman–Crippen MR) is 83.8 cm³/mol. The van der Waals surface area contributed by atoms with Crippen molar-refractivity contribution in [1.29, 1.82) is 0 Å². The van der Waals surface area contributed by atoms with E-state index in [4.69, 9.17) is 4.74 Å². The predicted octanol–water partition coefficient (Wildman–Crippen LogP) is 1.25. The molecule has 0 bridgehead atoms. The zero-order valence-electron chi connectivity index (χ0n) is 12.7. The molecular weight excluding hydrogens is 280 g/mol. The van der Waals surface area contributed by atoms with Crippen LogP contribution in [0, 0.1) is 5.41 Å². The monoisotopic (exact) mass is 300 g/mol. The van der Waals surface area contributed by atoms with Gasteiger partial charge in [-0.15, -0.1) is 0 Å². The molecule has 0 radical (unpaired) electrons. The van der Waals surface area contributed by atoms with Gasteiger partial charge in [-0.25, -0.2) is 4.98 Å². The second-order valence-corrected chi connectivity index (χ2v) is 6.41. The van der Waals surface area contributed by atoms with Gasteiger partial charge in [0.2, 0.25) is 11.9 Å². The maximum atomic E-state index is 12.5. The van der Waals surface area contributed by atoms with Crippen LogP contribution in [0.3, 0.4) is 0 Å². The Bertz CT molecular complexity index is 666. The maximum Gasteiger partial charge on any atom is 0.233 e. The van der Waals surface area contributed by atoms with Gasteiger partial charge in [-0.2, -0.15) is 0 Å². The first-order valence-corrected chi connectivity index (χ1v) is 7.73. The molecule has 3 heterocycles. The van der Waals surface area contributed by atoms with Crippen LogP contribution in [0.4, 0.5) is 5.95 Å². The van der Waals surface area contributed by atoms with E-state index >= 15 is 0 Å². The number of ether oxygens (including phenoxy) is 1. The third-order valence-electron chi connectivity index (χ3n) is 4.60. The van der Waals surface area contributed by atoms with Crippen molar-refractivity contribution in [1.82, 2.24) is 14.9 Å². The maximum absolute atomic E-state index is 12.5. The lowest BCUT2D eigenvalue weighted by molar-refractivity contribution is -0.169. The Balaban J connectivity index is 1.44. The van der Waals surface area contributed by atoms with E-state index in [1.54, 1.807) is 0 Å². The van der Waals surface area contributed by atoms with E-state index in [-0.39, 0.29) is 11.3 Å². The summed E-state index contributed by atoms with van der Waals surface area (Å²) >= 11 is 0. The molecule has 1 N–H and O–H groups in total. The van der Waals surface area contributed by atoms with Gasteiger partial charge in [-0.1, -0.05) is 12.1 Å². The van der Waals surface area contributed by atoms with Crippen LogP contribution >= 0.6 is 0 Å². The largest absolute Gasteiger partial charge is 0.379 e. The fourth-order valence-electron chi connectivity index (χ4n) is 3.12. The van der Waals surface area contributed by atoms with Crippen molar-refractivity contribution in [3.63, 3.8) is 0 Å². The smallest absolute Gasteiger partial charge is 0.233 e. The Morgan fingerprint density at radius 2 is 1.95 bits per heavy atom. The van der Waals surface area contributed by atoms with Gasteiger partial charge in [0.1, 0.15) is 0 Å². The highest BCUT2D eigenvalue weighted by atomic mass is 16.5. The van der Waals surface area contributed by atoms with Crippen molar-refractivity contribution < 1.29 is 9.53 Å². The SMILES string of the molecule is CC1(C(=O)N2CCN(c3nc4ccccc4[nH]3)CC2)COC1. The van der Waals surface area contributed by atoms with Crippen molar-refractivity contribution in [3.8, 4) is 0 Å². The first-order valence-electron chi connectivity index (χ1n) is 7.73. The standard InChI is InChI=1S/C16H20N4O2/c1-16(10-22-11-16)14(21)19-6-8-20(9-7-19)15-17-12-4-2-3-5-13(12)18-15/h2-5H,6-11H2,1H3,(H,17,18).